The first-order chi connectivity index (χ1) is 37.9. The normalized spacial score (nSPS) is 23.4. The fourth-order valence-electron chi connectivity index (χ4n) is 8.97. The van der Waals surface area contributed by atoms with Crippen molar-refractivity contribution in [3.05, 3.63) is 119 Å². The molecule has 0 spiro atoms. The number of hydrogen-bond acceptors (Lipinski definition) is 20. The monoisotopic (exact) mass is 1090 g/mol. The number of epoxide rings is 7. The first-order valence-electron chi connectivity index (χ1n) is 27.5. The minimum absolute atomic E-state index is 0.122. The van der Waals surface area contributed by atoms with E-state index in [-0.39, 0.29) is 12.6 Å². The van der Waals surface area contributed by atoms with Crippen LogP contribution in [0, 0.1) is 0 Å². The van der Waals surface area contributed by atoms with Crippen molar-refractivity contribution in [2.45, 2.75) is 72.8 Å². The molecular formula is C58H82N6O14. The van der Waals surface area contributed by atoms with Crippen molar-refractivity contribution in [3.8, 4) is 0 Å². The summed E-state index contributed by atoms with van der Waals surface area (Å²) in [5.74, 6) is 0. The molecular weight excluding hydrogens is 1000 g/mol. The summed E-state index contributed by atoms with van der Waals surface area (Å²) >= 11 is 0. The van der Waals surface area contributed by atoms with Crippen LogP contribution >= 0.6 is 0 Å². The molecule has 0 saturated carbocycles. The van der Waals surface area contributed by atoms with Gasteiger partial charge >= 0.3 is 0 Å². The molecule has 7 heterocycles. The van der Waals surface area contributed by atoms with E-state index < -0.39 is 56.8 Å². The van der Waals surface area contributed by atoms with Crippen LogP contribution in [0.3, 0.4) is 0 Å². The van der Waals surface area contributed by atoms with Gasteiger partial charge in [-0.05, 0) is 83.6 Å². The van der Waals surface area contributed by atoms with Crippen LogP contribution in [0.2, 0.25) is 0 Å². The molecule has 11 rings (SSSR count). The van der Waals surface area contributed by atoms with E-state index >= 15 is 0 Å². The summed E-state index contributed by atoms with van der Waals surface area (Å²) in [6, 6.07) is 35.0. The number of β-amino-alcohol motifs (C(OH)–C–C–N with tert-alkyl or cyclic N) is 1. The van der Waals surface area contributed by atoms with Gasteiger partial charge in [-0.25, -0.2) is 0 Å². The van der Waals surface area contributed by atoms with Gasteiger partial charge in [0.05, 0.1) is 146 Å². The van der Waals surface area contributed by atoms with E-state index in [1.54, 1.807) is 0 Å². The van der Waals surface area contributed by atoms with Gasteiger partial charge in [0.25, 0.3) is 0 Å². The van der Waals surface area contributed by atoms with Crippen LogP contribution in [-0.4, -0.2) is 240 Å². The third-order valence-corrected chi connectivity index (χ3v) is 14.8. The van der Waals surface area contributed by atoms with E-state index in [2.05, 4.69) is 122 Å². The molecule has 10 N–H and O–H groups in total. The van der Waals surface area contributed by atoms with Gasteiger partial charge in [-0.15, -0.1) is 0 Å². The number of nitrogens with zero attached hydrogens (tertiary/aromatic N) is 4. The van der Waals surface area contributed by atoms with Gasteiger partial charge < -0.3 is 99.6 Å². The quantitative estimate of drug-likeness (QED) is 0.0282. The number of aliphatic hydroxyl groups excluding tert-OH is 7. The topological polar surface area (TPSA) is 280 Å². The largest absolute Gasteiger partial charge is 0.394 e. The van der Waals surface area contributed by atoms with Gasteiger partial charge in [0.15, 0.2) is 0 Å². The summed E-state index contributed by atoms with van der Waals surface area (Å²) in [4.78, 5) is 9.24. The van der Waals surface area contributed by atoms with E-state index in [1.807, 2.05) is 0 Å². The lowest BCUT2D eigenvalue weighted by molar-refractivity contribution is 0.0330. The predicted molar refractivity (Wildman–Crippen MR) is 295 cm³/mol. The van der Waals surface area contributed by atoms with Crippen molar-refractivity contribution in [2.24, 2.45) is 5.73 Å². The first-order valence-corrected chi connectivity index (χ1v) is 27.5. The zero-order valence-corrected chi connectivity index (χ0v) is 44.7. The molecule has 78 heavy (non-hydrogen) atoms. The Balaban J connectivity index is 0.000000169. The summed E-state index contributed by atoms with van der Waals surface area (Å²) in [6.07, 6.45) is 3.34. The molecule has 0 bridgehead atoms. The highest BCUT2D eigenvalue weighted by Gasteiger charge is 2.34. The van der Waals surface area contributed by atoms with E-state index in [0.717, 1.165) is 97.4 Å². The van der Waals surface area contributed by atoms with Crippen LogP contribution in [0.4, 0.5) is 22.7 Å². The Labute approximate surface area is 457 Å². The van der Waals surface area contributed by atoms with Gasteiger partial charge in [-0.3, -0.25) is 0 Å². The Morgan fingerprint density at radius 1 is 0.397 bits per heavy atom. The van der Waals surface area contributed by atoms with E-state index in [9.17, 15) is 20.4 Å². The molecule has 20 heteroatoms. The van der Waals surface area contributed by atoms with Crippen molar-refractivity contribution in [3.63, 3.8) is 0 Å². The molecule has 7 fully saturated rings. The molecule has 0 aliphatic carbocycles. The third-order valence-electron chi connectivity index (χ3n) is 14.8. The number of benzene rings is 4. The number of anilines is 4. The van der Waals surface area contributed by atoms with Gasteiger partial charge in [-0.2, -0.15) is 0 Å². The molecule has 4 aromatic rings. The van der Waals surface area contributed by atoms with Crippen LogP contribution in [0.25, 0.3) is 0 Å². The van der Waals surface area contributed by atoms with E-state index in [4.69, 9.17) is 54.2 Å². The average Bonchev–Trinajstić information content (AvgIpc) is 4.26. The van der Waals surface area contributed by atoms with Crippen LogP contribution in [0.15, 0.2) is 97.1 Å². The van der Waals surface area contributed by atoms with Crippen LogP contribution in [0.5, 0.6) is 0 Å². The fraction of sp³-hybridized carbons (Fsp3) is 0.586. The van der Waals surface area contributed by atoms with Crippen molar-refractivity contribution in [2.75, 3.05) is 164 Å². The summed E-state index contributed by atoms with van der Waals surface area (Å²) < 4.78 is 38.1. The zero-order chi connectivity index (χ0) is 54.5. The molecule has 8 unspecified atom stereocenters. The number of rotatable bonds is 33. The lowest BCUT2D eigenvalue weighted by Gasteiger charge is -2.32. The minimum atomic E-state index is -1.22. The van der Waals surface area contributed by atoms with Gasteiger partial charge in [-0.1, -0.05) is 48.5 Å². The second kappa shape index (κ2) is 27.7. The molecule has 20 nitrogen and oxygen atoms in total. The number of ether oxygens (including phenoxy) is 7. The number of nitrogens with two attached hydrogens (primary N) is 1. The molecule has 0 amide bonds. The van der Waals surface area contributed by atoms with Crippen molar-refractivity contribution < 1.29 is 68.9 Å². The SMILES string of the molecule is NC(CO)(CO)CO.OCC(CO)(CO)NCC(O)CN(CC1CO1)c1ccc(Cc2ccc(N(CC3CO3)CC3CO3)cc2)cc1.c1cc(N(CC2CO2)CC2CO2)ccc1Cc1ccc(N(CC2CO2)CC2CO2)cc1. The summed E-state index contributed by atoms with van der Waals surface area (Å²) in [7, 11) is 0. The lowest BCUT2D eigenvalue weighted by atomic mass is 10.0. The molecule has 7 aliphatic rings. The smallest absolute Gasteiger partial charge is 0.0984 e. The molecule has 4 aromatic carbocycles. The Bertz CT molecular complexity index is 2240. The highest BCUT2D eigenvalue weighted by atomic mass is 16.6. The second-order valence-electron chi connectivity index (χ2n) is 22.0. The van der Waals surface area contributed by atoms with Crippen molar-refractivity contribution in [1.82, 2.24) is 5.32 Å². The molecule has 428 valence electrons. The third kappa shape index (κ3) is 19.0. The van der Waals surface area contributed by atoms with Gasteiger partial charge in [0, 0.05) is 81.7 Å². The van der Waals surface area contributed by atoms with Crippen LogP contribution < -0.4 is 30.7 Å². The Kier molecular flexibility index (Phi) is 20.7. The van der Waals surface area contributed by atoms with Gasteiger partial charge in [0.2, 0.25) is 0 Å². The molecule has 7 saturated heterocycles. The maximum atomic E-state index is 10.7. The molecule has 7 aliphatic heterocycles. The predicted octanol–water partition coefficient (Wildman–Crippen LogP) is -0.101. The number of aliphatic hydroxyl groups is 7. The van der Waals surface area contributed by atoms with Crippen LogP contribution in [0.1, 0.15) is 22.3 Å². The Hall–Kier alpha value is -4.56. The maximum absolute atomic E-state index is 10.7. The Morgan fingerprint density at radius 2 is 0.628 bits per heavy atom. The Morgan fingerprint density at radius 3 is 0.833 bits per heavy atom. The number of nitrogens with one attached hydrogen (secondary N) is 1. The van der Waals surface area contributed by atoms with E-state index in [1.165, 1.54) is 39.3 Å². The fourth-order valence-corrected chi connectivity index (χ4v) is 8.97. The summed E-state index contributed by atoms with van der Waals surface area (Å²) in [5, 5.41) is 67.1. The molecule has 0 aromatic heterocycles. The molecule has 8 atom stereocenters. The lowest BCUT2D eigenvalue weighted by Crippen LogP contribution is -2.57. The standard InChI is InChI=1S/C29H41N3O7.C25H30N2O4.C4H11NO3/c33-18-29(19-34,20-35)30-10-25(36)11-31(12-26-15-37-26)23-5-1-21(2-6-23)9-22-3-7-24(8-4-22)32(13-27-16-38-27)14-28-17-39-28;1-5-20(26(10-22-14-28-22)11-23-15-29-23)6-2-18(1)9-19-3-7-21(8-4-19)27(12-24-16-30-24)13-25-17-31-25;5-4(1-6,2-7)3-8/h1-8,25-28,30,33-36H,9-20H2;1-8,22-25H,9-17H2;6-8H,1-3,5H2. The highest BCUT2D eigenvalue weighted by molar-refractivity contribution is 5.53. The summed E-state index contributed by atoms with van der Waals surface area (Å²) in [5.41, 5.74) is 12.5. The van der Waals surface area contributed by atoms with E-state index in [0.29, 0.717) is 56.3 Å². The zero-order valence-electron chi connectivity index (χ0n) is 44.7. The van der Waals surface area contributed by atoms with Gasteiger partial charge in [0.1, 0.15) is 0 Å². The first kappa shape index (κ1) is 58.1. The van der Waals surface area contributed by atoms with Crippen molar-refractivity contribution >= 4 is 22.7 Å². The maximum Gasteiger partial charge on any atom is 0.0984 e. The number of hydrogen-bond donors (Lipinski definition) is 9. The van der Waals surface area contributed by atoms with Crippen molar-refractivity contribution in [1.29, 1.82) is 0 Å². The average molecular weight is 1090 g/mol. The second-order valence-corrected chi connectivity index (χ2v) is 22.0. The molecule has 0 radical (unpaired) electrons. The minimum Gasteiger partial charge on any atom is -0.394 e. The van der Waals surface area contributed by atoms with Crippen LogP contribution in [-0.2, 0) is 46.0 Å². The highest BCUT2D eigenvalue weighted by Crippen LogP contribution is 2.28. The summed E-state index contributed by atoms with van der Waals surface area (Å²) in [6.45, 7) is 10.2.